The molecule has 34 heavy (non-hydrogen) atoms. The summed E-state index contributed by atoms with van der Waals surface area (Å²) in [6, 6.07) is 17.0. The maximum absolute atomic E-state index is 13.3. The predicted octanol–water partition coefficient (Wildman–Crippen LogP) is 5.68. The molecule has 1 amide bonds. The molecule has 2 N–H and O–H groups in total. The summed E-state index contributed by atoms with van der Waals surface area (Å²) >= 11 is 1.20. The summed E-state index contributed by atoms with van der Waals surface area (Å²) in [6.07, 6.45) is 0. The van der Waals surface area contributed by atoms with E-state index >= 15 is 0 Å². The Balaban J connectivity index is 1.77. The first-order valence-electron chi connectivity index (χ1n) is 10.1. The Kier molecular flexibility index (Phi) is 6.18. The number of amides is 1. The van der Waals surface area contributed by atoms with E-state index in [-0.39, 0.29) is 28.5 Å². The second kappa shape index (κ2) is 8.81. The Labute approximate surface area is 202 Å². The predicted molar refractivity (Wildman–Crippen MR) is 127 cm³/mol. The fourth-order valence-electron chi connectivity index (χ4n) is 3.97. The van der Waals surface area contributed by atoms with E-state index in [2.05, 4.69) is 11.1 Å². The largest absolute Gasteiger partial charge is 0.446 e. The van der Waals surface area contributed by atoms with E-state index in [4.69, 9.17) is 5.73 Å². The number of nitrogens with two attached hydrogens (primary N) is 1. The van der Waals surface area contributed by atoms with Crippen molar-refractivity contribution in [1.29, 1.82) is 5.26 Å². The molecular weight excluding hydrogens is 481 g/mol. The van der Waals surface area contributed by atoms with Gasteiger partial charge in [-0.3, -0.25) is 9.69 Å². The molecule has 0 radical (unpaired) electrons. The minimum Gasteiger partial charge on any atom is -0.369 e. The van der Waals surface area contributed by atoms with Crippen LogP contribution in [0.3, 0.4) is 0 Å². The van der Waals surface area contributed by atoms with Gasteiger partial charge in [0.2, 0.25) is 5.91 Å². The van der Waals surface area contributed by atoms with Crippen LogP contribution in [0.4, 0.5) is 13.2 Å². The summed E-state index contributed by atoms with van der Waals surface area (Å²) in [6.45, 7) is 1.80. The third-order valence-corrected chi connectivity index (χ3v) is 7.60. The van der Waals surface area contributed by atoms with Gasteiger partial charge >= 0.3 is 5.51 Å². The molecule has 0 unspecified atom stereocenters. The van der Waals surface area contributed by atoms with E-state index < -0.39 is 17.0 Å². The third kappa shape index (κ3) is 4.54. The van der Waals surface area contributed by atoms with Crippen LogP contribution in [0.1, 0.15) is 28.8 Å². The number of rotatable bonds is 4. The highest BCUT2D eigenvalue weighted by Gasteiger charge is 2.48. The summed E-state index contributed by atoms with van der Waals surface area (Å²) in [5, 5.41) is 11.1. The molecular formula is C24H19F3N4OS2. The highest BCUT2D eigenvalue weighted by Crippen LogP contribution is 2.47. The van der Waals surface area contributed by atoms with E-state index in [1.165, 1.54) is 47.5 Å². The molecule has 1 aliphatic rings. The standard InChI is InChI=1S/C24H19F3N4OS2/c1-23(19-11-17(13-33-19)16-5-3-4-14(10-16)12-28)20(21(32)31(2)22(29)30-23)15-6-8-18(9-7-15)34-24(25,26)27/h3-11,13,20H,1-2H3,(H2,29,30)/t20-,23-/m1/s1. The number of guanidine groups is 1. The van der Waals surface area contributed by atoms with Crippen molar-refractivity contribution in [3.05, 3.63) is 76.0 Å². The van der Waals surface area contributed by atoms with Crippen molar-refractivity contribution in [2.75, 3.05) is 7.05 Å². The molecule has 2 aromatic carbocycles. The fraction of sp³-hybridized carbons (Fsp3) is 0.208. The van der Waals surface area contributed by atoms with Crippen molar-refractivity contribution >= 4 is 35.0 Å². The Morgan fingerprint density at radius 2 is 1.88 bits per heavy atom. The molecule has 3 aromatic rings. The number of thioether (sulfide) groups is 1. The smallest absolute Gasteiger partial charge is 0.369 e. The number of carbonyl (C=O) groups is 1. The molecule has 10 heteroatoms. The van der Waals surface area contributed by atoms with E-state index in [0.29, 0.717) is 11.1 Å². The van der Waals surface area contributed by atoms with Crippen LogP contribution >= 0.6 is 23.1 Å². The maximum atomic E-state index is 13.3. The maximum Gasteiger partial charge on any atom is 0.446 e. The summed E-state index contributed by atoms with van der Waals surface area (Å²) in [4.78, 5) is 20.1. The van der Waals surface area contributed by atoms with E-state index in [1.54, 1.807) is 25.1 Å². The summed E-state index contributed by atoms with van der Waals surface area (Å²) in [5.74, 6) is -1.02. The van der Waals surface area contributed by atoms with Gasteiger partial charge in [0.1, 0.15) is 5.54 Å². The first-order valence-corrected chi connectivity index (χ1v) is 11.8. The van der Waals surface area contributed by atoms with Crippen LogP contribution in [0, 0.1) is 11.3 Å². The molecule has 0 fully saturated rings. The van der Waals surface area contributed by atoms with Crippen LogP contribution in [0.2, 0.25) is 0 Å². The number of benzene rings is 2. The molecule has 0 aliphatic carbocycles. The molecule has 2 atom stereocenters. The van der Waals surface area contributed by atoms with E-state index in [9.17, 15) is 23.2 Å². The number of hydrogen-bond acceptors (Lipinski definition) is 6. The highest BCUT2D eigenvalue weighted by atomic mass is 32.2. The molecule has 0 spiro atoms. The number of thiophene rings is 1. The molecule has 1 aliphatic heterocycles. The van der Waals surface area contributed by atoms with Gasteiger partial charge < -0.3 is 5.73 Å². The molecule has 0 bridgehead atoms. The van der Waals surface area contributed by atoms with Crippen LogP contribution in [-0.2, 0) is 10.3 Å². The quantitative estimate of drug-likeness (QED) is 0.467. The third-order valence-electron chi connectivity index (χ3n) is 5.70. The molecule has 0 saturated heterocycles. The molecule has 5 nitrogen and oxygen atoms in total. The van der Waals surface area contributed by atoms with Crippen LogP contribution in [0.5, 0.6) is 0 Å². The lowest BCUT2D eigenvalue weighted by atomic mass is 9.77. The van der Waals surface area contributed by atoms with Gasteiger partial charge in [0.05, 0.1) is 17.6 Å². The first-order chi connectivity index (χ1) is 16.0. The minimum atomic E-state index is -4.40. The fourth-order valence-corrected chi connectivity index (χ4v) is 5.57. The first kappa shape index (κ1) is 23.9. The van der Waals surface area contributed by atoms with E-state index in [0.717, 1.165) is 16.0 Å². The number of nitrogens with zero attached hydrogens (tertiary/aromatic N) is 3. The van der Waals surface area contributed by atoms with Gasteiger partial charge in [0.25, 0.3) is 0 Å². The van der Waals surface area contributed by atoms with Crippen LogP contribution < -0.4 is 5.73 Å². The van der Waals surface area contributed by atoms with Crippen molar-refractivity contribution in [1.82, 2.24) is 4.90 Å². The number of hydrogen-bond donors (Lipinski definition) is 1. The Morgan fingerprint density at radius 3 is 2.53 bits per heavy atom. The van der Waals surface area contributed by atoms with E-state index in [1.807, 2.05) is 17.5 Å². The molecule has 1 aromatic heterocycles. The van der Waals surface area contributed by atoms with Crippen LogP contribution in [-0.4, -0.2) is 29.3 Å². The van der Waals surface area contributed by atoms with Gasteiger partial charge in [0.15, 0.2) is 5.96 Å². The SMILES string of the molecule is CN1C(=O)[C@@H](c2ccc(SC(F)(F)F)cc2)[C@@](C)(c2cc(-c3cccc(C#N)c3)cs2)N=C1N. The number of likely N-dealkylation sites (N-methyl/N-ethyl adjacent to an activating group) is 1. The Bertz CT molecular complexity index is 1310. The van der Waals surface area contributed by atoms with Gasteiger partial charge in [-0.05, 0) is 71.1 Å². The summed E-state index contributed by atoms with van der Waals surface area (Å²) < 4.78 is 38.2. The normalized spacial score (nSPS) is 20.7. The second-order valence-electron chi connectivity index (χ2n) is 7.96. The second-order valence-corrected chi connectivity index (χ2v) is 10.0. The van der Waals surface area contributed by atoms with Crippen LogP contribution in [0.25, 0.3) is 11.1 Å². The van der Waals surface area contributed by atoms with Gasteiger partial charge in [-0.2, -0.15) is 18.4 Å². The summed E-state index contributed by atoms with van der Waals surface area (Å²) in [5.41, 5.74) is 3.40. The number of halogens is 3. The zero-order valence-corrected chi connectivity index (χ0v) is 19.8. The summed E-state index contributed by atoms with van der Waals surface area (Å²) in [7, 11) is 1.52. The lowest BCUT2D eigenvalue weighted by Crippen LogP contribution is -2.52. The number of aliphatic imine (C=N–C) groups is 1. The zero-order chi connectivity index (χ0) is 24.7. The van der Waals surface area contributed by atoms with Crippen molar-refractivity contribution in [2.24, 2.45) is 10.7 Å². The topological polar surface area (TPSA) is 82.5 Å². The Morgan fingerprint density at radius 1 is 1.18 bits per heavy atom. The van der Waals surface area contributed by atoms with Gasteiger partial charge in [-0.15, -0.1) is 11.3 Å². The monoisotopic (exact) mass is 500 g/mol. The number of carbonyl (C=O) groups excluding carboxylic acids is 1. The Hall–Kier alpha value is -3.29. The van der Waals surface area contributed by atoms with Gasteiger partial charge in [-0.25, -0.2) is 4.99 Å². The molecule has 2 heterocycles. The molecule has 0 saturated carbocycles. The highest BCUT2D eigenvalue weighted by molar-refractivity contribution is 8.00. The van der Waals surface area contributed by atoms with Gasteiger partial charge in [0, 0.05) is 16.8 Å². The number of nitriles is 1. The molecule has 174 valence electrons. The lowest BCUT2D eigenvalue weighted by Gasteiger charge is -2.40. The average molecular weight is 501 g/mol. The lowest BCUT2D eigenvalue weighted by molar-refractivity contribution is -0.130. The van der Waals surface area contributed by atoms with Crippen LogP contribution in [0.15, 0.2) is 69.9 Å². The number of alkyl halides is 3. The van der Waals surface area contributed by atoms with Crippen molar-refractivity contribution in [2.45, 2.75) is 28.8 Å². The average Bonchev–Trinajstić information content (AvgIpc) is 3.29. The minimum absolute atomic E-state index is 0.0355. The van der Waals surface area contributed by atoms with Crippen molar-refractivity contribution in [3.8, 4) is 17.2 Å². The van der Waals surface area contributed by atoms with Crippen molar-refractivity contribution in [3.63, 3.8) is 0 Å². The van der Waals surface area contributed by atoms with Crippen molar-refractivity contribution < 1.29 is 18.0 Å². The molecule has 4 rings (SSSR count). The zero-order valence-electron chi connectivity index (χ0n) is 18.1. The van der Waals surface area contributed by atoms with Gasteiger partial charge in [-0.1, -0.05) is 24.3 Å².